The summed E-state index contributed by atoms with van der Waals surface area (Å²) in [6, 6.07) is 34.3. The van der Waals surface area contributed by atoms with E-state index in [-0.39, 0.29) is 67.7 Å². The molecule has 0 aromatic heterocycles. The number of methoxy groups -OCH3 is 16. The number of terminal acetylenes is 1. The van der Waals surface area contributed by atoms with Gasteiger partial charge in [0.15, 0.2) is 92.0 Å². The van der Waals surface area contributed by atoms with Crippen molar-refractivity contribution in [2.75, 3.05) is 160 Å². The first kappa shape index (κ1) is 89.8. The molecule has 4 saturated heterocycles. The Labute approximate surface area is 698 Å². The average Bonchev–Trinajstić information content (AvgIpc) is 0.753. The van der Waals surface area contributed by atoms with Crippen molar-refractivity contribution in [3.8, 4) is 127 Å². The maximum absolute atomic E-state index is 12.7. The van der Waals surface area contributed by atoms with Gasteiger partial charge in [-0.2, -0.15) is 0 Å². The largest absolute Gasteiger partial charge is 0.493 e. The summed E-state index contributed by atoms with van der Waals surface area (Å²) in [5, 5.41) is 9.07. The van der Waals surface area contributed by atoms with E-state index in [1.165, 1.54) is 92.4 Å². The molecule has 0 bridgehead atoms. The minimum atomic E-state index is -0.400. The molecule has 12 rings (SSSR count). The number of nitrogens with zero attached hydrogens (tertiary/aromatic N) is 4. The van der Waals surface area contributed by atoms with Crippen LogP contribution in [0.3, 0.4) is 0 Å². The maximum Gasteiger partial charge on any atom is 0.256 e. The van der Waals surface area contributed by atoms with Gasteiger partial charge >= 0.3 is 0 Å². The fourth-order valence-corrected chi connectivity index (χ4v) is 13.8. The van der Waals surface area contributed by atoms with Gasteiger partial charge in [-0.15, -0.1) is 6.42 Å². The van der Waals surface area contributed by atoms with Crippen LogP contribution in [0, 0.1) is 12.3 Å². The van der Waals surface area contributed by atoms with Gasteiger partial charge in [0, 0.05) is 70.8 Å². The molecule has 0 spiro atoms. The summed E-state index contributed by atoms with van der Waals surface area (Å²) in [5.74, 6) is 11.5. The van der Waals surface area contributed by atoms with Gasteiger partial charge in [0.1, 0.15) is 19.8 Å². The number of aliphatic hydroxyl groups excluding tert-OH is 1. The Morgan fingerprint density at radius 3 is 0.792 bits per heavy atom. The van der Waals surface area contributed by atoms with Crippen LogP contribution in [0.2, 0.25) is 0 Å². The number of aliphatic hydroxyl groups is 1. The van der Waals surface area contributed by atoms with Crippen molar-refractivity contribution in [3.63, 3.8) is 0 Å². The van der Waals surface area contributed by atoms with Gasteiger partial charge in [-0.05, 0) is 84.6 Å². The van der Waals surface area contributed by atoms with E-state index in [9.17, 15) is 19.2 Å². The van der Waals surface area contributed by atoms with Crippen LogP contribution in [-0.2, 0) is 19.2 Å². The zero-order valence-electron chi connectivity index (χ0n) is 70.5. The molecule has 4 heterocycles. The first-order valence-corrected chi connectivity index (χ1v) is 37.1. The fraction of sp³-hybridized carbons (Fsp3) is 0.297. The number of carbonyl (C=O) groups is 4. The third kappa shape index (κ3) is 18.2. The van der Waals surface area contributed by atoms with Crippen molar-refractivity contribution in [2.45, 2.75) is 44.1 Å². The summed E-state index contributed by atoms with van der Waals surface area (Å²) in [5.41, 5.74) is 7.58. The molecular weight excluding hydrogens is 1550 g/mol. The molecule has 1 N–H and O–H groups in total. The molecule has 29 heteroatoms. The standard InChI is InChI=1S/C23H27NO6.C23H25NO6.C23H23NO6.C22H25NO7/c1-13(2)30-18-10-15(8-9-17(18)26-4)21-14(3)23(25)24(21)16-11-19(27-5)22(29-7)20(12-16)28-6;2*1-7-10-30-18-11-15(8-9-17(18)26-3)21-14(2)23(25)24(21)16-12-19(27-4)22(29-6)20(13-16)28-5;1-13-20(14-6-7-16(26-2)17(10-14)30-9-8-24)23(22(13)25)15-11-18(27-3)21(29-5)19(12-15)28-4/h8-13,21H,3H2,1-2,4-7H3;7-9,11-13,21H,1-2,10H2,3-6H3;1,8-9,11-13,21H,2,10H2,3-6H3;6-7,10-12,20,24H,1,8-9H2,2-5H3/t3*21-;20-/m1111/s1. The van der Waals surface area contributed by atoms with E-state index in [2.05, 4.69) is 38.8 Å². The van der Waals surface area contributed by atoms with E-state index in [1.807, 2.05) is 56.3 Å². The normalized spacial score (nSPS) is 15.4. The van der Waals surface area contributed by atoms with E-state index in [0.29, 0.717) is 167 Å². The van der Waals surface area contributed by atoms with Crippen molar-refractivity contribution in [1.29, 1.82) is 0 Å². The van der Waals surface area contributed by atoms with Gasteiger partial charge in [-0.3, -0.25) is 38.8 Å². The Kier molecular flexibility index (Phi) is 30.4. The van der Waals surface area contributed by atoms with Gasteiger partial charge in [-0.1, -0.05) is 69.2 Å². The minimum Gasteiger partial charge on any atom is -0.493 e. The molecular formula is C91H100N4O25. The highest BCUT2D eigenvalue weighted by molar-refractivity contribution is 6.17. The van der Waals surface area contributed by atoms with E-state index in [1.54, 1.807) is 126 Å². The van der Waals surface area contributed by atoms with Crippen molar-refractivity contribution >= 4 is 46.4 Å². The highest BCUT2D eigenvalue weighted by Crippen LogP contribution is 2.54. The molecule has 4 fully saturated rings. The van der Waals surface area contributed by atoms with E-state index < -0.39 is 6.04 Å². The third-order valence-electron chi connectivity index (χ3n) is 19.4. The second-order valence-electron chi connectivity index (χ2n) is 26.4. The van der Waals surface area contributed by atoms with Crippen molar-refractivity contribution in [3.05, 3.63) is 205 Å². The Balaban J connectivity index is 0.000000182. The number of anilines is 4. The lowest BCUT2D eigenvalue weighted by atomic mass is 9.88. The minimum absolute atomic E-state index is 0.0217. The van der Waals surface area contributed by atoms with Gasteiger partial charge in [-0.25, -0.2) is 0 Å². The highest BCUT2D eigenvalue weighted by Gasteiger charge is 2.48. The summed E-state index contributed by atoms with van der Waals surface area (Å²) in [7, 11) is 24.6. The number of hydrogen-bond acceptors (Lipinski definition) is 25. The first-order valence-electron chi connectivity index (χ1n) is 37.1. The summed E-state index contributed by atoms with van der Waals surface area (Å²) < 4.78 is 109. The molecule has 0 unspecified atom stereocenters. The summed E-state index contributed by atoms with van der Waals surface area (Å²) in [4.78, 5) is 57.4. The molecule has 29 nitrogen and oxygen atoms in total. The zero-order valence-corrected chi connectivity index (χ0v) is 70.5. The van der Waals surface area contributed by atoms with Crippen molar-refractivity contribution < 1.29 is 119 Å². The van der Waals surface area contributed by atoms with Gasteiger partial charge in [0.2, 0.25) is 23.0 Å². The lowest BCUT2D eigenvalue weighted by Crippen LogP contribution is -2.48. The molecule has 0 saturated carbocycles. The van der Waals surface area contributed by atoms with Crippen LogP contribution in [0.15, 0.2) is 183 Å². The van der Waals surface area contributed by atoms with Crippen LogP contribution in [0.5, 0.6) is 115 Å². The second kappa shape index (κ2) is 40.6. The molecule has 4 aliphatic rings. The van der Waals surface area contributed by atoms with Crippen LogP contribution in [0.25, 0.3) is 0 Å². The van der Waals surface area contributed by atoms with Gasteiger partial charge < -0.3 is 99.8 Å². The number of carbonyl (C=O) groups excluding carboxylic acids is 4. The van der Waals surface area contributed by atoms with Crippen molar-refractivity contribution in [2.24, 2.45) is 0 Å². The number of benzene rings is 8. The smallest absolute Gasteiger partial charge is 0.256 e. The molecule has 4 amide bonds. The highest BCUT2D eigenvalue weighted by atomic mass is 16.6. The van der Waals surface area contributed by atoms with Crippen LogP contribution >= 0.6 is 0 Å². The fourth-order valence-electron chi connectivity index (χ4n) is 13.8. The molecule has 0 aliphatic carbocycles. The third-order valence-corrected chi connectivity index (χ3v) is 19.4. The lowest BCUT2D eigenvalue weighted by Gasteiger charge is -2.43. The van der Waals surface area contributed by atoms with Crippen molar-refractivity contribution in [1.82, 2.24) is 0 Å². The van der Waals surface area contributed by atoms with E-state index in [4.69, 9.17) is 106 Å². The van der Waals surface area contributed by atoms with Crippen LogP contribution in [0.4, 0.5) is 22.7 Å². The lowest BCUT2D eigenvalue weighted by molar-refractivity contribution is -0.119. The molecule has 634 valence electrons. The molecule has 4 atom stereocenters. The number of amides is 4. The molecule has 8 aromatic rings. The number of rotatable bonds is 34. The number of hydrogen-bond donors (Lipinski definition) is 1. The molecule has 120 heavy (non-hydrogen) atoms. The summed E-state index contributed by atoms with van der Waals surface area (Å²) in [6.45, 7) is 23.8. The molecule has 4 aliphatic heterocycles. The second-order valence-corrected chi connectivity index (χ2v) is 26.4. The zero-order chi connectivity index (χ0) is 87.5. The molecule has 0 radical (unpaired) electrons. The summed E-state index contributed by atoms with van der Waals surface area (Å²) >= 11 is 0. The predicted molar refractivity (Wildman–Crippen MR) is 452 cm³/mol. The number of β-lactam (4-membered cyclic amide) rings is 4. The SMILES string of the molecule is C#CCOc1cc([C@H]2C(=C)C(=O)N2c2cc(OC)c(OC)c(OC)c2)ccc1OC.C=C1C(=O)N(c2cc(OC)c(OC)c(OC)c2)[C@H]1c1ccc(OC)c(OC(C)C)c1.C=C1C(=O)N(c2cc(OC)c(OC)c(OC)c2)[C@H]1c1ccc(OC)c(OCCO)c1.C=CCOc1cc([C@H]2C(=C)C(=O)N2c2cc(OC)c(OC)c(OC)c2)ccc1OC. The van der Waals surface area contributed by atoms with Crippen LogP contribution < -0.4 is 114 Å². The number of ether oxygens (including phenoxy) is 20. The molecule has 8 aromatic carbocycles. The quantitative estimate of drug-likeness (QED) is 0.0170. The van der Waals surface area contributed by atoms with Crippen LogP contribution in [0.1, 0.15) is 60.3 Å². The monoisotopic (exact) mass is 1650 g/mol. The summed E-state index contributed by atoms with van der Waals surface area (Å²) in [6.07, 6.45) is 6.93. The van der Waals surface area contributed by atoms with Gasteiger partial charge in [0.25, 0.3) is 23.6 Å². The van der Waals surface area contributed by atoms with E-state index >= 15 is 0 Å². The topological polar surface area (TPSA) is 286 Å². The average molecular weight is 1650 g/mol. The Morgan fingerprint density at radius 1 is 0.342 bits per heavy atom. The van der Waals surface area contributed by atoms with Gasteiger partial charge in [0.05, 0.1) is 173 Å². The predicted octanol–water partition coefficient (Wildman–Crippen LogP) is 14.2. The first-order chi connectivity index (χ1) is 57.8. The van der Waals surface area contributed by atoms with E-state index in [0.717, 1.165) is 22.3 Å². The Morgan fingerprint density at radius 2 is 0.575 bits per heavy atom. The maximum atomic E-state index is 12.7. The van der Waals surface area contributed by atoms with Crippen LogP contribution in [-0.4, -0.2) is 175 Å². The Bertz CT molecular complexity index is 5100. The Hall–Kier alpha value is -14.1.